The molecule has 0 saturated carbocycles. The van der Waals surface area contributed by atoms with E-state index < -0.39 is 0 Å². The van der Waals surface area contributed by atoms with Crippen molar-refractivity contribution in [3.8, 4) is 17.2 Å². The minimum Gasteiger partial charge on any atom is -0.497 e. The van der Waals surface area contributed by atoms with Gasteiger partial charge in [-0.1, -0.05) is 12.1 Å². The molecule has 0 N–H and O–H groups in total. The summed E-state index contributed by atoms with van der Waals surface area (Å²) >= 11 is 0. The van der Waals surface area contributed by atoms with Crippen LogP contribution >= 0.6 is 0 Å². The predicted octanol–water partition coefficient (Wildman–Crippen LogP) is 4.94. The van der Waals surface area contributed by atoms with E-state index in [2.05, 4.69) is 28.7 Å². The number of nitrogens with zero attached hydrogens (tertiary/aromatic N) is 2. The Labute approximate surface area is 148 Å². The number of aliphatic imine (C=N–C) groups is 1. The highest BCUT2D eigenvalue weighted by Crippen LogP contribution is 2.27. The van der Waals surface area contributed by atoms with Gasteiger partial charge in [0, 0.05) is 29.4 Å². The van der Waals surface area contributed by atoms with Gasteiger partial charge in [0.2, 0.25) is 0 Å². The fourth-order valence-corrected chi connectivity index (χ4v) is 2.68. The lowest BCUT2D eigenvalue weighted by Crippen LogP contribution is -1.94. The van der Waals surface area contributed by atoms with Crippen molar-refractivity contribution in [1.82, 2.24) is 4.57 Å². The first-order chi connectivity index (χ1) is 12.2. The Morgan fingerprint density at radius 3 is 2.56 bits per heavy atom. The number of hydrogen-bond acceptors (Lipinski definition) is 3. The van der Waals surface area contributed by atoms with E-state index in [1.165, 1.54) is 0 Å². The third kappa shape index (κ3) is 3.91. The molecule has 0 unspecified atom stereocenters. The Balaban J connectivity index is 1.85. The predicted molar refractivity (Wildman–Crippen MR) is 102 cm³/mol. The highest BCUT2D eigenvalue weighted by atomic mass is 16.5. The molecule has 4 heteroatoms. The zero-order valence-corrected chi connectivity index (χ0v) is 14.8. The highest BCUT2D eigenvalue weighted by molar-refractivity contribution is 5.83. The molecule has 0 atom stereocenters. The number of para-hydroxylation sites is 2. The highest BCUT2D eigenvalue weighted by Gasteiger charge is 2.04. The maximum Gasteiger partial charge on any atom is 0.144 e. The standard InChI is InChI=1S/C21H22N2O2/c1-4-25-21-8-6-5-7-20(21)22-14-17-13-16(2)23(15-17)18-9-11-19(24-3)12-10-18/h5-15H,4H2,1-3H3. The molecule has 25 heavy (non-hydrogen) atoms. The SMILES string of the molecule is CCOc1ccccc1N=Cc1cc(C)n(-c2ccc(OC)cc2)c1. The molecule has 0 aliphatic rings. The molecule has 0 fully saturated rings. The molecule has 0 spiro atoms. The van der Waals surface area contributed by atoms with Crippen LogP contribution in [0.2, 0.25) is 0 Å². The molecule has 3 rings (SSSR count). The molecule has 3 aromatic rings. The quantitative estimate of drug-likeness (QED) is 0.598. The fraction of sp³-hybridized carbons (Fsp3) is 0.190. The second-order valence-corrected chi connectivity index (χ2v) is 5.64. The summed E-state index contributed by atoms with van der Waals surface area (Å²) in [5.41, 5.74) is 4.11. The summed E-state index contributed by atoms with van der Waals surface area (Å²) in [6.45, 7) is 4.67. The van der Waals surface area contributed by atoms with E-state index in [1.54, 1.807) is 7.11 Å². The van der Waals surface area contributed by atoms with Crippen LogP contribution in [0.5, 0.6) is 11.5 Å². The smallest absolute Gasteiger partial charge is 0.144 e. The fourth-order valence-electron chi connectivity index (χ4n) is 2.68. The number of ether oxygens (including phenoxy) is 2. The van der Waals surface area contributed by atoms with Gasteiger partial charge in [0.25, 0.3) is 0 Å². The first-order valence-corrected chi connectivity index (χ1v) is 8.30. The van der Waals surface area contributed by atoms with Crippen molar-refractivity contribution in [1.29, 1.82) is 0 Å². The lowest BCUT2D eigenvalue weighted by Gasteiger charge is -2.07. The van der Waals surface area contributed by atoms with Crippen molar-refractivity contribution >= 4 is 11.9 Å². The lowest BCUT2D eigenvalue weighted by molar-refractivity contribution is 0.341. The van der Waals surface area contributed by atoms with Crippen LogP contribution in [0.4, 0.5) is 5.69 Å². The molecule has 0 aliphatic carbocycles. The van der Waals surface area contributed by atoms with Crippen molar-refractivity contribution in [3.05, 3.63) is 72.1 Å². The van der Waals surface area contributed by atoms with Gasteiger partial charge in [-0.3, -0.25) is 4.99 Å². The molecule has 0 saturated heterocycles. The molecule has 0 aliphatic heterocycles. The molecular formula is C21H22N2O2. The summed E-state index contributed by atoms with van der Waals surface area (Å²) in [6.07, 6.45) is 3.94. The Morgan fingerprint density at radius 1 is 1.08 bits per heavy atom. The zero-order chi connectivity index (χ0) is 17.6. The van der Waals surface area contributed by atoms with Crippen LogP contribution in [0.25, 0.3) is 5.69 Å². The summed E-state index contributed by atoms with van der Waals surface area (Å²) in [4.78, 5) is 4.59. The minimum atomic E-state index is 0.624. The number of methoxy groups -OCH3 is 1. The molecule has 128 valence electrons. The second kappa shape index (κ2) is 7.71. The zero-order valence-electron chi connectivity index (χ0n) is 14.8. The molecule has 0 radical (unpaired) electrons. The molecule has 1 aromatic heterocycles. The molecule has 4 nitrogen and oxygen atoms in total. The van der Waals surface area contributed by atoms with Gasteiger partial charge in [-0.2, -0.15) is 0 Å². The number of aryl methyl sites for hydroxylation is 1. The third-order valence-electron chi connectivity index (χ3n) is 3.90. The van der Waals surface area contributed by atoms with Crippen LogP contribution in [0.1, 0.15) is 18.2 Å². The van der Waals surface area contributed by atoms with Gasteiger partial charge in [0.1, 0.15) is 17.2 Å². The summed E-state index contributed by atoms with van der Waals surface area (Å²) in [7, 11) is 1.67. The Bertz CT molecular complexity index is 864. The average Bonchev–Trinajstić information content (AvgIpc) is 3.02. The van der Waals surface area contributed by atoms with E-state index in [0.717, 1.165) is 34.1 Å². The number of aromatic nitrogens is 1. The largest absolute Gasteiger partial charge is 0.497 e. The summed E-state index contributed by atoms with van der Waals surface area (Å²) < 4.78 is 13.0. The Hall–Kier alpha value is -3.01. The topological polar surface area (TPSA) is 35.8 Å². The van der Waals surface area contributed by atoms with Crippen molar-refractivity contribution in [2.75, 3.05) is 13.7 Å². The van der Waals surface area contributed by atoms with Gasteiger partial charge < -0.3 is 14.0 Å². The van der Waals surface area contributed by atoms with Crippen LogP contribution in [0, 0.1) is 6.92 Å². The van der Waals surface area contributed by atoms with Crippen LogP contribution in [-0.2, 0) is 0 Å². The number of benzene rings is 2. The van der Waals surface area contributed by atoms with E-state index in [4.69, 9.17) is 9.47 Å². The van der Waals surface area contributed by atoms with Crippen molar-refractivity contribution in [2.24, 2.45) is 4.99 Å². The molecule has 0 amide bonds. The first-order valence-electron chi connectivity index (χ1n) is 8.30. The monoisotopic (exact) mass is 334 g/mol. The van der Waals surface area contributed by atoms with E-state index in [-0.39, 0.29) is 0 Å². The van der Waals surface area contributed by atoms with Crippen LogP contribution in [0.3, 0.4) is 0 Å². The van der Waals surface area contributed by atoms with Crippen molar-refractivity contribution < 1.29 is 9.47 Å². The van der Waals surface area contributed by atoms with E-state index in [0.29, 0.717) is 6.61 Å². The van der Waals surface area contributed by atoms with Crippen molar-refractivity contribution in [2.45, 2.75) is 13.8 Å². The van der Waals surface area contributed by atoms with Gasteiger partial charge in [0.15, 0.2) is 0 Å². The Morgan fingerprint density at radius 2 is 1.84 bits per heavy atom. The lowest BCUT2D eigenvalue weighted by atomic mass is 10.3. The molecular weight excluding hydrogens is 312 g/mol. The Kier molecular flexibility index (Phi) is 5.19. The molecule has 1 heterocycles. The van der Waals surface area contributed by atoms with E-state index in [1.807, 2.05) is 61.7 Å². The van der Waals surface area contributed by atoms with E-state index in [9.17, 15) is 0 Å². The summed E-state index contributed by atoms with van der Waals surface area (Å²) in [5, 5.41) is 0. The van der Waals surface area contributed by atoms with Gasteiger partial charge in [-0.05, 0) is 56.3 Å². The summed E-state index contributed by atoms with van der Waals surface area (Å²) in [6, 6.07) is 17.9. The molecule has 2 aromatic carbocycles. The molecule has 0 bridgehead atoms. The van der Waals surface area contributed by atoms with Crippen LogP contribution in [-0.4, -0.2) is 24.5 Å². The van der Waals surface area contributed by atoms with E-state index >= 15 is 0 Å². The van der Waals surface area contributed by atoms with Gasteiger partial charge in [-0.15, -0.1) is 0 Å². The van der Waals surface area contributed by atoms with Gasteiger partial charge in [0.05, 0.1) is 13.7 Å². The van der Waals surface area contributed by atoms with Gasteiger partial charge >= 0.3 is 0 Å². The minimum absolute atomic E-state index is 0.624. The van der Waals surface area contributed by atoms with Crippen molar-refractivity contribution in [3.63, 3.8) is 0 Å². The second-order valence-electron chi connectivity index (χ2n) is 5.64. The normalized spacial score (nSPS) is 11.0. The summed E-state index contributed by atoms with van der Waals surface area (Å²) in [5.74, 6) is 1.65. The maximum atomic E-state index is 5.61. The van der Waals surface area contributed by atoms with Crippen LogP contribution in [0.15, 0.2) is 65.8 Å². The maximum absolute atomic E-state index is 5.61. The van der Waals surface area contributed by atoms with Gasteiger partial charge in [-0.25, -0.2) is 0 Å². The van der Waals surface area contributed by atoms with Crippen LogP contribution < -0.4 is 9.47 Å². The third-order valence-corrected chi connectivity index (χ3v) is 3.90. The average molecular weight is 334 g/mol. The first kappa shape index (κ1) is 16.8. The number of rotatable bonds is 6. The number of hydrogen-bond donors (Lipinski definition) is 0.